The van der Waals surface area contributed by atoms with Crippen molar-refractivity contribution in [3.8, 4) is 0 Å². The Morgan fingerprint density at radius 1 is 1.00 bits per heavy atom. The van der Waals surface area contributed by atoms with Crippen molar-refractivity contribution in [2.75, 3.05) is 36.0 Å². The molecule has 0 amide bonds. The summed E-state index contributed by atoms with van der Waals surface area (Å²) in [5.74, 6) is 1.02. The lowest BCUT2D eigenvalue weighted by Crippen LogP contribution is -2.47. The van der Waals surface area contributed by atoms with E-state index in [4.69, 9.17) is 4.98 Å². The Bertz CT molecular complexity index is 828. The summed E-state index contributed by atoms with van der Waals surface area (Å²) in [5, 5.41) is 0. The SMILES string of the molecule is Cc1nc(N2CCN(c3ccc(F)cc3)CC2)nc2c1C(=O)C[C@@H](C)C2. The molecule has 26 heavy (non-hydrogen) atoms. The van der Waals surface area contributed by atoms with Crippen LogP contribution >= 0.6 is 0 Å². The zero-order valence-corrected chi connectivity index (χ0v) is 15.2. The largest absolute Gasteiger partial charge is 0.368 e. The van der Waals surface area contributed by atoms with Gasteiger partial charge in [0.2, 0.25) is 5.95 Å². The number of nitrogens with zero attached hydrogens (tertiary/aromatic N) is 4. The molecule has 1 aromatic carbocycles. The number of fused-ring (bicyclic) bond motifs is 1. The molecule has 6 heteroatoms. The second-order valence-corrected chi connectivity index (χ2v) is 7.32. The molecular weight excluding hydrogens is 331 g/mol. The first-order valence-electron chi connectivity index (χ1n) is 9.17. The summed E-state index contributed by atoms with van der Waals surface area (Å²) in [4.78, 5) is 26.1. The van der Waals surface area contributed by atoms with Crippen molar-refractivity contribution in [1.29, 1.82) is 0 Å². The quantitative estimate of drug-likeness (QED) is 0.830. The first kappa shape index (κ1) is 16.9. The molecule has 0 radical (unpaired) electrons. The van der Waals surface area contributed by atoms with E-state index in [0.717, 1.165) is 61.2 Å². The van der Waals surface area contributed by atoms with E-state index in [9.17, 15) is 9.18 Å². The van der Waals surface area contributed by atoms with Crippen LogP contribution in [0.15, 0.2) is 24.3 Å². The Balaban J connectivity index is 1.51. The number of carbonyl (C=O) groups is 1. The standard InChI is InChI=1S/C20H23FN4O/c1-13-11-17-19(18(26)12-13)14(2)22-20(23-17)25-9-7-24(8-10-25)16-5-3-15(21)4-6-16/h3-6,13H,7-12H2,1-2H3/t13-/m0/s1. The molecule has 0 saturated carbocycles. The number of benzene rings is 1. The number of Topliss-reactive ketones (excluding diaryl/α,β-unsaturated/α-hetero) is 1. The fraction of sp³-hybridized carbons (Fsp3) is 0.450. The molecule has 0 bridgehead atoms. The molecular formula is C20H23FN4O. The van der Waals surface area contributed by atoms with Gasteiger partial charge in [-0.15, -0.1) is 0 Å². The van der Waals surface area contributed by atoms with E-state index in [1.807, 2.05) is 19.1 Å². The molecule has 136 valence electrons. The molecule has 1 saturated heterocycles. The maximum atomic E-state index is 13.1. The lowest BCUT2D eigenvalue weighted by atomic mass is 9.86. The Morgan fingerprint density at radius 2 is 1.65 bits per heavy atom. The first-order valence-corrected chi connectivity index (χ1v) is 9.17. The summed E-state index contributed by atoms with van der Waals surface area (Å²) in [7, 11) is 0. The number of carbonyl (C=O) groups excluding carboxylic acids is 1. The molecule has 1 atom stereocenters. The molecule has 5 nitrogen and oxygen atoms in total. The van der Waals surface area contributed by atoms with Gasteiger partial charge in [0.05, 0.1) is 17.0 Å². The molecule has 2 aromatic rings. The third kappa shape index (κ3) is 3.16. The topological polar surface area (TPSA) is 49.3 Å². The number of halogens is 1. The van der Waals surface area contributed by atoms with Crippen LogP contribution in [-0.2, 0) is 6.42 Å². The van der Waals surface area contributed by atoms with Gasteiger partial charge in [-0.3, -0.25) is 4.79 Å². The monoisotopic (exact) mass is 354 g/mol. The van der Waals surface area contributed by atoms with E-state index < -0.39 is 0 Å². The van der Waals surface area contributed by atoms with Crippen molar-refractivity contribution >= 4 is 17.4 Å². The maximum absolute atomic E-state index is 13.1. The molecule has 0 N–H and O–H groups in total. The smallest absolute Gasteiger partial charge is 0.225 e. The molecule has 1 aliphatic heterocycles. The number of hydrogen-bond acceptors (Lipinski definition) is 5. The molecule has 2 aliphatic rings. The highest BCUT2D eigenvalue weighted by atomic mass is 19.1. The van der Waals surface area contributed by atoms with Crippen LogP contribution < -0.4 is 9.80 Å². The maximum Gasteiger partial charge on any atom is 0.225 e. The number of aromatic nitrogens is 2. The predicted molar refractivity (Wildman–Crippen MR) is 99.4 cm³/mol. The van der Waals surface area contributed by atoms with Crippen LogP contribution in [0.5, 0.6) is 0 Å². The van der Waals surface area contributed by atoms with Crippen LogP contribution in [0.4, 0.5) is 16.0 Å². The van der Waals surface area contributed by atoms with Crippen LogP contribution in [0.2, 0.25) is 0 Å². The van der Waals surface area contributed by atoms with E-state index in [0.29, 0.717) is 12.3 Å². The van der Waals surface area contributed by atoms with Crippen molar-refractivity contribution < 1.29 is 9.18 Å². The normalized spacial score (nSPS) is 20.3. The van der Waals surface area contributed by atoms with Gasteiger partial charge in [0.15, 0.2) is 5.78 Å². The number of ketones is 1. The highest BCUT2D eigenvalue weighted by Gasteiger charge is 2.28. The minimum absolute atomic E-state index is 0.170. The van der Waals surface area contributed by atoms with E-state index in [-0.39, 0.29) is 11.6 Å². The second kappa shape index (κ2) is 6.67. The second-order valence-electron chi connectivity index (χ2n) is 7.32. The molecule has 0 spiro atoms. The number of piperazine rings is 1. The Kier molecular flexibility index (Phi) is 4.34. The Morgan fingerprint density at radius 3 is 2.35 bits per heavy atom. The van der Waals surface area contributed by atoms with Crippen LogP contribution in [0.25, 0.3) is 0 Å². The van der Waals surface area contributed by atoms with Crippen LogP contribution in [-0.4, -0.2) is 41.9 Å². The van der Waals surface area contributed by atoms with Gasteiger partial charge in [0, 0.05) is 38.3 Å². The summed E-state index contributed by atoms with van der Waals surface area (Å²) in [6.45, 7) is 7.28. The molecule has 4 rings (SSSR count). The fourth-order valence-electron chi connectivity index (χ4n) is 3.91. The van der Waals surface area contributed by atoms with Gasteiger partial charge in [-0.05, 0) is 43.5 Å². The molecule has 1 fully saturated rings. The highest BCUT2D eigenvalue weighted by Crippen LogP contribution is 2.28. The number of hydrogen-bond donors (Lipinski definition) is 0. The average molecular weight is 354 g/mol. The third-order valence-electron chi connectivity index (χ3n) is 5.26. The average Bonchev–Trinajstić information content (AvgIpc) is 2.61. The number of aryl methyl sites for hydroxylation is 1. The Hall–Kier alpha value is -2.50. The summed E-state index contributed by atoms with van der Waals surface area (Å²) in [6.07, 6.45) is 1.43. The zero-order chi connectivity index (χ0) is 18.3. The summed E-state index contributed by atoms with van der Waals surface area (Å²) < 4.78 is 13.1. The van der Waals surface area contributed by atoms with Crippen molar-refractivity contribution in [1.82, 2.24) is 9.97 Å². The van der Waals surface area contributed by atoms with Crippen LogP contribution in [0, 0.1) is 18.7 Å². The van der Waals surface area contributed by atoms with E-state index in [2.05, 4.69) is 21.7 Å². The fourth-order valence-corrected chi connectivity index (χ4v) is 3.91. The van der Waals surface area contributed by atoms with Gasteiger partial charge >= 0.3 is 0 Å². The molecule has 2 heterocycles. The minimum atomic E-state index is -0.214. The zero-order valence-electron chi connectivity index (χ0n) is 15.2. The summed E-state index contributed by atoms with van der Waals surface area (Å²) >= 11 is 0. The van der Waals surface area contributed by atoms with Gasteiger partial charge in [-0.25, -0.2) is 14.4 Å². The van der Waals surface area contributed by atoms with E-state index in [1.54, 1.807) is 0 Å². The van der Waals surface area contributed by atoms with Crippen LogP contribution in [0.1, 0.15) is 35.1 Å². The van der Waals surface area contributed by atoms with Gasteiger partial charge in [0.25, 0.3) is 0 Å². The van der Waals surface area contributed by atoms with Crippen LogP contribution in [0.3, 0.4) is 0 Å². The van der Waals surface area contributed by atoms with Gasteiger partial charge < -0.3 is 9.80 Å². The Labute approximate surface area is 152 Å². The van der Waals surface area contributed by atoms with Gasteiger partial charge in [-0.1, -0.05) is 6.92 Å². The molecule has 0 unspecified atom stereocenters. The lowest BCUT2D eigenvalue weighted by molar-refractivity contribution is 0.0951. The van der Waals surface area contributed by atoms with Gasteiger partial charge in [0.1, 0.15) is 5.82 Å². The van der Waals surface area contributed by atoms with Crippen molar-refractivity contribution in [2.45, 2.75) is 26.7 Å². The number of rotatable bonds is 2. The highest BCUT2D eigenvalue weighted by molar-refractivity contribution is 5.99. The lowest BCUT2D eigenvalue weighted by Gasteiger charge is -2.36. The van der Waals surface area contributed by atoms with E-state index in [1.165, 1.54) is 12.1 Å². The van der Waals surface area contributed by atoms with Crippen molar-refractivity contribution in [3.05, 3.63) is 47.0 Å². The van der Waals surface area contributed by atoms with Crippen molar-refractivity contribution in [3.63, 3.8) is 0 Å². The third-order valence-corrected chi connectivity index (χ3v) is 5.26. The van der Waals surface area contributed by atoms with Crippen molar-refractivity contribution in [2.24, 2.45) is 5.92 Å². The van der Waals surface area contributed by atoms with Gasteiger partial charge in [-0.2, -0.15) is 0 Å². The summed E-state index contributed by atoms with van der Waals surface area (Å²) in [6, 6.07) is 6.63. The van der Waals surface area contributed by atoms with E-state index >= 15 is 0 Å². The number of anilines is 2. The predicted octanol–water partition coefficient (Wildman–Crippen LogP) is 3.02. The molecule has 1 aliphatic carbocycles. The summed E-state index contributed by atoms with van der Waals surface area (Å²) in [5.41, 5.74) is 3.46. The molecule has 1 aromatic heterocycles. The minimum Gasteiger partial charge on any atom is -0.368 e. The first-order chi connectivity index (χ1) is 12.5.